The number of carbonyl (C=O) groups is 2. The Morgan fingerprint density at radius 3 is 1.79 bits per heavy atom. The molecule has 0 spiro atoms. The number of carbonyl (C=O) groups excluding carboxylic acids is 1. The van der Waals surface area contributed by atoms with Crippen molar-refractivity contribution in [2.24, 2.45) is 5.92 Å². The maximum absolute atomic E-state index is 12.6. The quantitative estimate of drug-likeness (QED) is 0.784. The minimum Gasteiger partial charge on any atom is -0.481 e. The van der Waals surface area contributed by atoms with Crippen LogP contribution in [-0.4, -0.2) is 23.0 Å². The summed E-state index contributed by atoms with van der Waals surface area (Å²) in [4.78, 5) is 23.4. The highest BCUT2D eigenvalue weighted by Gasteiger charge is 2.21. The lowest BCUT2D eigenvalue weighted by Crippen LogP contribution is -2.39. The maximum atomic E-state index is 12.6. The van der Waals surface area contributed by atoms with E-state index in [4.69, 9.17) is 5.11 Å². The number of carboxylic acid groups (broad SMARTS) is 1. The van der Waals surface area contributed by atoms with Crippen LogP contribution in [0.2, 0.25) is 0 Å². The Labute approximate surface area is 142 Å². The molecule has 2 aromatic rings. The minimum absolute atomic E-state index is 0.0743. The second kappa shape index (κ2) is 8.87. The molecule has 1 unspecified atom stereocenters. The van der Waals surface area contributed by atoms with Crippen molar-refractivity contribution in [2.75, 3.05) is 0 Å². The summed E-state index contributed by atoms with van der Waals surface area (Å²) in [7, 11) is 0. The average molecular weight is 325 g/mol. The van der Waals surface area contributed by atoms with Gasteiger partial charge in [0.05, 0.1) is 6.42 Å². The van der Waals surface area contributed by atoms with Gasteiger partial charge in [-0.05, 0) is 30.9 Å². The van der Waals surface area contributed by atoms with Crippen LogP contribution in [0.5, 0.6) is 0 Å². The molecular weight excluding hydrogens is 302 g/mol. The second-order valence-corrected chi connectivity index (χ2v) is 6.08. The van der Waals surface area contributed by atoms with E-state index in [9.17, 15) is 9.59 Å². The molecule has 0 aliphatic heterocycles. The summed E-state index contributed by atoms with van der Waals surface area (Å²) in [5.74, 6) is -1.24. The van der Waals surface area contributed by atoms with Crippen molar-refractivity contribution in [2.45, 2.75) is 32.2 Å². The molecule has 0 aromatic heterocycles. The standard InChI is InChI=1S/C20H23NO3/c1-15(12-19(22)23)21-20(24)18(13-16-8-4-2-5-9-16)14-17-10-6-3-7-11-17/h2-11,15,18H,12-14H2,1H3,(H,21,24)(H,22,23). The first-order chi connectivity index (χ1) is 11.5. The zero-order valence-corrected chi connectivity index (χ0v) is 13.8. The Hall–Kier alpha value is -2.62. The monoisotopic (exact) mass is 325 g/mol. The number of hydrogen-bond donors (Lipinski definition) is 2. The van der Waals surface area contributed by atoms with Crippen LogP contribution in [-0.2, 0) is 22.4 Å². The lowest BCUT2D eigenvalue weighted by Gasteiger charge is -2.20. The van der Waals surface area contributed by atoms with Gasteiger partial charge in [0.25, 0.3) is 0 Å². The Balaban J connectivity index is 2.09. The van der Waals surface area contributed by atoms with E-state index in [-0.39, 0.29) is 24.3 Å². The minimum atomic E-state index is -0.912. The molecule has 126 valence electrons. The van der Waals surface area contributed by atoms with E-state index in [1.807, 2.05) is 60.7 Å². The lowest BCUT2D eigenvalue weighted by molar-refractivity contribution is -0.137. The fraction of sp³-hybridized carbons (Fsp3) is 0.300. The van der Waals surface area contributed by atoms with Gasteiger partial charge in [-0.3, -0.25) is 9.59 Å². The summed E-state index contributed by atoms with van der Waals surface area (Å²) in [6.45, 7) is 1.72. The number of carboxylic acids is 1. The third kappa shape index (κ3) is 5.88. The molecular formula is C20H23NO3. The van der Waals surface area contributed by atoms with Crippen LogP contribution in [0.1, 0.15) is 24.5 Å². The molecule has 0 fully saturated rings. The smallest absolute Gasteiger partial charge is 0.305 e. The summed E-state index contributed by atoms with van der Waals surface area (Å²) in [5.41, 5.74) is 2.19. The molecule has 2 aromatic carbocycles. The molecule has 2 rings (SSSR count). The van der Waals surface area contributed by atoms with E-state index < -0.39 is 5.97 Å². The van der Waals surface area contributed by atoms with Crippen molar-refractivity contribution >= 4 is 11.9 Å². The van der Waals surface area contributed by atoms with Crippen LogP contribution in [0, 0.1) is 5.92 Å². The third-order valence-corrected chi connectivity index (χ3v) is 3.89. The highest BCUT2D eigenvalue weighted by Crippen LogP contribution is 2.16. The highest BCUT2D eigenvalue weighted by atomic mass is 16.4. The normalized spacial score (nSPS) is 11.9. The molecule has 0 aliphatic carbocycles. The van der Waals surface area contributed by atoms with Gasteiger partial charge in [-0.15, -0.1) is 0 Å². The first-order valence-electron chi connectivity index (χ1n) is 8.14. The van der Waals surface area contributed by atoms with Gasteiger partial charge >= 0.3 is 5.97 Å². The van der Waals surface area contributed by atoms with Crippen molar-refractivity contribution in [1.82, 2.24) is 5.32 Å². The van der Waals surface area contributed by atoms with Crippen molar-refractivity contribution in [3.8, 4) is 0 Å². The van der Waals surface area contributed by atoms with Crippen molar-refractivity contribution in [1.29, 1.82) is 0 Å². The van der Waals surface area contributed by atoms with Gasteiger partial charge in [-0.1, -0.05) is 60.7 Å². The lowest BCUT2D eigenvalue weighted by atomic mass is 9.91. The zero-order chi connectivity index (χ0) is 17.4. The van der Waals surface area contributed by atoms with Crippen molar-refractivity contribution in [3.63, 3.8) is 0 Å². The molecule has 0 radical (unpaired) electrons. The Bertz CT molecular complexity index is 614. The number of benzene rings is 2. The number of aliphatic carboxylic acids is 1. The molecule has 4 nitrogen and oxygen atoms in total. The molecule has 0 saturated carbocycles. The summed E-state index contributed by atoms with van der Waals surface area (Å²) in [6.07, 6.45) is 1.18. The molecule has 0 aliphatic rings. The SMILES string of the molecule is CC(CC(=O)O)NC(=O)C(Cc1ccccc1)Cc1ccccc1. The van der Waals surface area contributed by atoms with Crippen LogP contribution in [0.15, 0.2) is 60.7 Å². The van der Waals surface area contributed by atoms with E-state index >= 15 is 0 Å². The maximum Gasteiger partial charge on any atom is 0.305 e. The van der Waals surface area contributed by atoms with Crippen LogP contribution in [0.25, 0.3) is 0 Å². The van der Waals surface area contributed by atoms with E-state index in [1.54, 1.807) is 6.92 Å². The number of amides is 1. The van der Waals surface area contributed by atoms with Crippen LogP contribution in [0.3, 0.4) is 0 Å². The topological polar surface area (TPSA) is 66.4 Å². The number of nitrogens with one attached hydrogen (secondary N) is 1. The molecule has 1 atom stereocenters. The summed E-state index contributed by atoms with van der Waals surface area (Å²) in [6, 6.07) is 19.4. The molecule has 0 saturated heterocycles. The Morgan fingerprint density at radius 1 is 0.917 bits per heavy atom. The predicted molar refractivity (Wildman–Crippen MR) is 93.6 cm³/mol. The van der Waals surface area contributed by atoms with Gasteiger partial charge in [0, 0.05) is 12.0 Å². The van der Waals surface area contributed by atoms with E-state index in [2.05, 4.69) is 5.32 Å². The number of rotatable bonds is 8. The fourth-order valence-corrected chi connectivity index (χ4v) is 2.73. The van der Waals surface area contributed by atoms with Gasteiger partial charge in [-0.25, -0.2) is 0 Å². The Morgan fingerprint density at radius 2 is 1.38 bits per heavy atom. The van der Waals surface area contributed by atoms with Gasteiger partial charge in [0.15, 0.2) is 0 Å². The summed E-state index contributed by atoms with van der Waals surface area (Å²) < 4.78 is 0. The Kier molecular flexibility index (Phi) is 6.55. The predicted octanol–water partition coefficient (Wildman–Crippen LogP) is 3.07. The summed E-state index contributed by atoms with van der Waals surface area (Å²) in [5, 5.41) is 11.7. The van der Waals surface area contributed by atoms with E-state index in [0.29, 0.717) is 12.8 Å². The van der Waals surface area contributed by atoms with Crippen molar-refractivity contribution in [3.05, 3.63) is 71.8 Å². The van der Waals surface area contributed by atoms with Crippen molar-refractivity contribution < 1.29 is 14.7 Å². The number of hydrogen-bond acceptors (Lipinski definition) is 2. The first kappa shape index (κ1) is 17.7. The molecule has 1 amide bonds. The molecule has 24 heavy (non-hydrogen) atoms. The van der Waals surface area contributed by atoms with Gasteiger partial charge in [0.1, 0.15) is 0 Å². The van der Waals surface area contributed by atoms with Crippen LogP contribution in [0.4, 0.5) is 0 Å². The van der Waals surface area contributed by atoms with Gasteiger partial charge in [-0.2, -0.15) is 0 Å². The van der Waals surface area contributed by atoms with E-state index in [0.717, 1.165) is 11.1 Å². The first-order valence-corrected chi connectivity index (χ1v) is 8.14. The van der Waals surface area contributed by atoms with Crippen LogP contribution < -0.4 is 5.32 Å². The van der Waals surface area contributed by atoms with E-state index in [1.165, 1.54) is 0 Å². The third-order valence-electron chi connectivity index (χ3n) is 3.89. The average Bonchev–Trinajstić information content (AvgIpc) is 2.55. The molecule has 0 heterocycles. The molecule has 0 bridgehead atoms. The van der Waals surface area contributed by atoms with Gasteiger partial charge < -0.3 is 10.4 Å². The summed E-state index contributed by atoms with van der Waals surface area (Å²) >= 11 is 0. The fourth-order valence-electron chi connectivity index (χ4n) is 2.73. The molecule has 4 heteroatoms. The van der Waals surface area contributed by atoms with Gasteiger partial charge in [0.2, 0.25) is 5.91 Å². The second-order valence-electron chi connectivity index (χ2n) is 6.08. The van der Waals surface area contributed by atoms with Crippen LogP contribution >= 0.6 is 0 Å². The largest absolute Gasteiger partial charge is 0.481 e. The highest BCUT2D eigenvalue weighted by molar-refractivity contribution is 5.80. The zero-order valence-electron chi connectivity index (χ0n) is 13.8. The molecule has 2 N–H and O–H groups in total.